The second-order valence-electron chi connectivity index (χ2n) is 7.37. The Labute approximate surface area is 157 Å². The van der Waals surface area contributed by atoms with Gasteiger partial charge in [-0.25, -0.2) is 0 Å². The summed E-state index contributed by atoms with van der Waals surface area (Å²) in [5.74, 6) is 2.06. The summed E-state index contributed by atoms with van der Waals surface area (Å²) in [4.78, 5) is 5.24. The van der Waals surface area contributed by atoms with Gasteiger partial charge in [0, 0.05) is 69.4 Å². The predicted molar refractivity (Wildman–Crippen MR) is 102 cm³/mol. The first-order valence-corrected chi connectivity index (χ1v) is 9.26. The zero-order valence-corrected chi connectivity index (χ0v) is 16.1. The Hall–Kier alpha value is -1.01. The fourth-order valence-electron chi connectivity index (χ4n) is 4.36. The first-order chi connectivity index (χ1) is 11.7. The largest absolute Gasteiger partial charge is 0.497 e. The van der Waals surface area contributed by atoms with Crippen molar-refractivity contribution in [1.29, 1.82) is 0 Å². The minimum atomic E-state index is 0. The zero-order valence-electron chi connectivity index (χ0n) is 15.3. The molecule has 1 aromatic rings. The van der Waals surface area contributed by atoms with Gasteiger partial charge in [-0.1, -0.05) is 0 Å². The van der Waals surface area contributed by atoms with Gasteiger partial charge in [0.15, 0.2) is 0 Å². The van der Waals surface area contributed by atoms with Gasteiger partial charge < -0.3 is 14.8 Å². The number of nitrogens with one attached hydrogen (secondary N) is 1. The van der Waals surface area contributed by atoms with E-state index in [4.69, 9.17) is 9.47 Å². The van der Waals surface area contributed by atoms with E-state index in [0.29, 0.717) is 6.04 Å². The number of nitrogens with zero attached hydrogens (tertiary/aromatic N) is 2. The Morgan fingerprint density at radius 1 is 1.24 bits per heavy atom. The highest BCUT2D eigenvalue weighted by molar-refractivity contribution is 5.85. The number of benzene rings is 1. The molecular formula is C19H30ClN3O2. The highest BCUT2D eigenvalue weighted by Gasteiger charge is 2.30. The Kier molecular flexibility index (Phi) is 6.10. The van der Waals surface area contributed by atoms with Crippen LogP contribution >= 0.6 is 12.4 Å². The summed E-state index contributed by atoms with van der Waals surface area (Å²) >= 11 is 0. The van der Waals surface area contributed by atoms with E-state index in [1.165, 1.54) is 43.7 Å². The fraction of sp³-hybridized carbons (Fsp3) is 0.684. The molecular weight excluding hydrogens is 338 g/mol. The lowest BCUT2D eigenvalue weighted by Gasteiger charge is -2.32. The molecule has 1 aromatic carbocycles. The molecule has 0 amide bonds. The van der Waals surface area contributed by atoms with Gasteiger partial charge in [-0.15, -0.1) is 12.4 Å². The average molecular weight is 368 g/mol. The maximum Gasteiger partial charge on any atom is 0.127 e. The lowest BCUT2D eigenvalue weighted by atomic mass is 10.1. The van der Waals surface area contributed by atoms with E-state index in [9.17, 15) is 0 Å². The first-order valence-electron chi connectivity index (χ1n) is 9.26. The summed E-state index contributed by atoms with van der Waals surface area (Å²) in [5, 5.41) is 3.45. The number of hydrogen-bond donors (Lipinski definition) is 1. The van der Waals surface area contributed by atoms with E-state index in [1.54, 1.807) is 7.11 Å². The number of halogens is 1. The van der Waals surface area contributed by atoms with Gasteiger partial charge in [0.2, 0.25) is 0 Å². The van der Waals surface area contributed by atoms with Gasteiger partial charge in [0.25, 0.3) is 0 Å². The quantitative estimate of drug-likeness (QED) is 0.880. The normalized spacial score (nSPS) is 26.8. The molecule has 2 saturated heterocycles. The SMILES string of the molecule is COc1cc2c(c(CN3CCC(N4CCNCC4)C3)c1)OC(C)C2.Cl. The van der Waals surface area contributed by atoms with Gasteiger partial charge in [-0.05, 0) is 25.5 Å². The number of hydrogen-bond acceptors (Lipinski definition) is 5. The highest BCUT2D eigenvalue weighted by atomic mass is 35.5. The van der Waals surface area contributed by atoms with Crippen LogP contribution in [0.25, 0.3) is 0 Å². The van der Waals surface area contributed by atoms with Crippen LogP contribution in [0.1, 0.15) is 24.5 Å². The molecule has 0 bridgehead atoms. The molecule has 3 aliphatic rings. The van der Waals surface area contributed by atoms with Crippen LogP contribution in [0, 0.1) is 0 Å². The molecule has 140 valence electrons. The number of likely N-dealkylation sites (tertiary alicyclic amines) is 1. The van der Waals surface area contributed by atoms with Crippen LogP contribution < -0.4 is 14.8 Å². The number of methoxy groups -OCH3 is 1. The Morgan fingerprint density at radius 3 is 2.80 bits per heavy atom. The lowest BCUT2D eigenvalue weighted by molar-refractivity contribution is 0.170. The van der Waals surface area contributed by atoms with Crippen molar-refractivity contribution in [2.45, 2.75) is 38.5 Å². The topological polar surface area (TPSA) is 37.0 Å². The second kappa shape index (κ2) is 8.12. The maximum absolute atomic E-state index is 6.09. The molecule has 2 fully saturated rings. The summed E-state index contributed by atoms with van der Waals surface area (Å²) in [5.41, 5.74) is 2.59. The van der Waals surface area contributed by atoms with Crippen LogP contribution in [0.5, 0.6) is 11.5 Å². The summed E-state index contributed by atoms with van der Waals surface area (Å²) in [6.07, 6.45) is 2.55. The van der Waals surface area contributed by atoms with Crippen molar-refractivity contribution < 1.29 is 9.47 Å². The van der Waals surface area contributed by atoms with Crippen LogP contribution in [0.2, 0.25) is 0 Å². The van der Waals surface area contributed by atoms with Gasteiger partial charge in [0.1, 0.15) is 17.6 Å². The second-order valence-corrected chi connectivity index (χ2v) is 7.37. The van der Waals surface area contributed by atoms with E-state index in [0.717, 1.165) is 37.6 Å². The molecule has 4 rings (SSSR count). The van der Waals surface area contributed by atoms with E-state index >= 15 is 0 Å². The maximum atomic E-state index is 6.09. The molecule has 25 heavy (non-hydrogen) atoms. The van der Waals surface area contributed by atoms with Crippen LogP contribution in [0.3, 0.4) is 0 Å². The molecule has 2 unspecified atom stereocenters. The minimum Gasteiger partial charge on any atom is -0.497 e. The molecule has 2 atom stereocenters. The van der Waals surface area contributed by atoms with Crippen molar-refractivity contribution in [1.82, 2.24) is 15.1 Å². The summed E-state index contributed by atoms with van der Waals surface area (Å²) in [7, 11) is 1.75. The van der Waals surface area contributed by atoms with E-state index < -0.39 is 0 Å². The minimum absolute atomic E-state index is 0. The van der Waals surface area contributed by atoms with E-state index in [1.807, 2.05) is 0 Å². The van der Waals surface area contributed by atoms with Crippen molar-refractivity contribution in [3.63, 3.8) is 0 Å². The van der Waals surface area contributed by atoms with Gasteiger partial charge in [-0.2, -0.15) is 0 Å². The lowest BCUT2D eigenvalue weighted by Crippen LogP contribution is -2.49. The molecule has 0 aromatic heterocycles. The van der Waals surface area contributed by atoms with Crippen LogP contribution in [-0.4, -0.2) is 68.3 Å². The Bertz CT molecular complexity index is 592. The van der Waals surface area contributed by atoms with Gasteiger partial charge in [0.05, 0.1) is 7.11 Å². The molecule has 6 heteroatoms. The number of rotatable bonds is 4. The summed E-state index contributed by atoms with van der Waals surface area (Å²) in [6.45, 7) is 10.1. The summed E-state index contributed by atoms with van der Waals surface area (Å²) in [6, 6.07) is 5.01. The van der Waals surface area contributed by atoms with Crippen molar-refractivity contribution >= 4 is 12.4 Å². The predicted octanol–water partition coefficient (Wildman–Crippen LogP) is 1.92. The third-order valence-electron chi connectivity index (χ3n) is 5.59. The number of piperazine rings is 1. The molecule has 3 heterocycles. The standard InChI is InChI=1S/C19H29N3O2.ClH/c1-14-9-15-10-18(23-2)11-16(19(15)24-14)12-21-6-3-17(13-21)22-7-4-20-5-8-22;/h10-11,14,17,20H,3-9,12-13H2,1-2H3;1H. The molecule has 5 nitrogen and oxygen atoms in total. The molecule has 0 spiro atoms. The Morgan fingerprint density at radius 2 is 2.04 bits per heavy atom. The Balaban J connectivity index is 0.00000182. The average Bonchev–Trinajstić information content (AvgIpc) is 3.21. The van der Waals surface area contributed by atoms with Gasteiger partial charge >= 0.3 is 0 Å². The molecule has 0 radical (unpaired) electrons. The third-order valence-corrected chi connectivity index (χ3v) is 5.59. The molecule has 3 aliphatic heterocycles. The van der Waals surface area contributed by atoms with Crippen molar-refractivity contribution in [2.75, 3.05) is 46.4 Å². The highest BCUT2D eigenvalue weighted by Crippen LogP contribution is 2.37. The van der Waals surface area contributed by atoms with E-state index in [2.05, 4.69) is 34.2 Å². The van der Waals surface area contributed by atoms with Gasteiger partial charge in [-0.3, -0.25) is 9.80 Å². The fourth-order valence-corrected chi connectivity index (χ4v) is 4.36. The molecule has 0 aliphatic carbocycles. The monoisotopic (exact) mass is 367 g/mol. The smallest absolute Gasteiger partial charge is 0.127 e. The summed E-state index contributed by atoms with van der Waals surface area (Å²) < 4.78 is 11.6. The number of ether oxygens (including phenoxy) is 2. The number of fused-ring (bicyclic) bond motifs is 1. The molecule has 0 saturated carbocycles. The van der Waals surface area contributed by atoms with Crippen molar-refractivity contribution in [2.24, 2.45) is 0 Å². The molecule has 1 N–H and O–H groups in total. The van der Waals surface area contributed by atoms with E-state index in [-0.39, 0.29) is 18.5 Å². The van der Waals surface area contributed by atoms with Crippen LogP contribution in [0.15, 0.2) is 12.1 Å². The van der Waals surface area contributed by atoms with Crippen molar-refractivity contribution in [3.05, 3.63) is 23.3 Å². The first kappa shape index (κ1) is 18.8. The third kappa shape index (κ3) is 4.05. The van der Waals surface area contributed by atoms with Crippen LogP contribution in [-0.2, 0) is 13.0 Å². The van der Waals surface area contributed by atoms with Crippen LogP contribution in [0.4, 0.5) is 0 Å². The van der Waals surface area contributed by atoms with Crippen molar-refractivity contribution in [3.8, 4) is 11.5 Å². The zero-order chi connectivity index (χ0) is 16.5.